The second kappa shape index (κ2) is 7.41. The first kappa shape index (κ1) is 16.5. The van der Waals surface area contributed by atoms with Crippen molar-refractivity contribution in [2.45, 2.75) is 53.3 Å². The molecule has 0 atom stereocenters. The van der Waals surface area contributed by atoms with Crippen LogP contribution < -0.4 is 10.1 Å². The number of nitrogens with zero attached hydrogens (tertiary/aromatic N) is 1. The number of hydrogen-bond acceptors (Lipinski definition) is 3. The van der Waals surface area contributed by atoms with Crippen LogP contribution in [0.3, 0.4) is 0 Å². The van der Waals surface area contributed by atoms with Crippen molar-refractivity contribution in [1.82, 2.24) is 10.3 Å². The first-order chi connectivity index (χ1) is 10.5. The van der Waals surface area contributed by atoms with E-state index in [1.54, 1.807) is 0 Å². The van der Waals surface area contributed by atoms with Crippen molar-refractivity contribution in [3.8, 4) is 17.0 Å². The van der Waals surface area contributed by atoms with Crippen molar-refractivity contribution in [2.24, 2.45) is 0 Å². The first-order valence-corrected chi connectivity index (χ1v) is 7.92. The van der Waals surface area contributed by atoms with Crippen LogP contribution in [0.1, 0.15) is 39.0 Å². The molecule has 1 heterocycles. The van der Waals surface area contributed by atoms with Gasteiger partial charge in [-0.25, -0.2) is 0 Å². The van der Waals surface area contributed by atoms with E-state index in [0.717, 1.165) is 29.2 Å². The van der Waals surface area contributed by atoms with Gasteiger partial charge < -0.3 is 10.1 Å². The lowest BCUT2D eigenvalue weighted by Gasteiger charge is -2.13. The number of aryl methyl sites for hydroxylation is 1. The molecule has 0 radical (unpaired) electrons. The molecular weight excluding hydrogens is 272 g/mol. The zero-order valence-corrected chi connectivity index (χ0v) is 14.2. The van der Waals surface area contributed by atoms with Gasteiger partial charge in [-0.3, -0.25) is 4.98 Å². The molecule has 22 heavy (non-hydrogen) atoms. The number of pyridine rings is 1. The van der Waals surface area contributed by atoms with E-state index in [1.807, 2.05) is 32.0 Å². The molecule has 1 aromatic carbocycles. The summed E-state index contributed by atoms with van der Waals surface area (Å²) in [5.41, 5.74) is 4.39. The van der Waals surface area contributed by atoms with E-state index in [1.165, 1.54) is 5.56 Å². The van der Waals surface area contributed by atoms with Crippen LogP contribution in [0.2, 0.25) is 0 Å². The minimum atomic E-state index is 0.175. The molecule has 0 aliphatic heterocycles. The molecule has 1 aromatic heterocycles. The highest BCUT2D eigenvalue weighted by Crippen LogP contribution is 2.24. The van der Waals surface area contributed by atoms with E-state index >= 15 is 0 Å². The highest BCUT2D eigenvalue weighted by Gasteiger charge is 2.06. The maximum Gasteiger partial charge on any atom is 0.120 e. The molecule has 0 unspecified atom stereocenters. The van der Waals surface area contributed by atoms with Crippen LogP contribution in [0, 0.1) is 6.92 Å². The molecule has 0 aliphatic rings. The van der Waals surface area contributed by atoms with E-state index in [-0.39, 0.29) is 6.10 Å². The van der Waals surface area contributed by atoms with Crippen molar-refractivity contribution in [3.63, 3.8) is 0 Å². The minimum Gasteiger partial charge on any atom is -0.491 e. The van der Waals surface area contributed by atoms with Gasteiger partial charge in [-0.1, -0.05) is 32.0 Å². The van der Waals surface area contributed by atoms with E-state index in [4.69, 9.17) is 9.72 Å². The highest BCUT2D eigenvalue weighted by molar-refractivity contribution is 5.61. The van der Waals surface area contributed by atoms with Crippen molar-refractivity contribution >= 4 is 0 Å². The molecule has 2 aromatic rings. The van der Waals surface area contributed by atoms with Crippen LogP contribution >= 0.6 is 0 Å². The average molecular weight is 298 g/mol. The van der Waals surface area contributed by atoms with Gasteiger partial charge in [0.2, 0.25) is 0 Å². The summed E-state index contributed by atoms with van der Waals surface area (Å²) in [4.78, 5) is 4.75. The van der Waals surface area contributed by atoms with Crippen LogP contribution in [-0.4, -0.2) is 17.1 Å². The van der Waals surface area contributed by atoms with Crippen LogP contribution in [0.4, 0.5) is 0 Å². The molecule has 2 rings (SSSR count). The number of rotatable bonds is 6. The fourth-order valence-electron chi connectivity index (χ4n) is 2.25. The van der Waals surface area contributed by atoms with Gasteiger partial charge in [0, 0.05) is 23.8 Å². The maximum atomic E-state index is 5.76. The normalized spacial score (nSPS) is 11.2. The molecule has 0 fully saturated rings. The number of benzene rings is 1. The standard InChI is InChI=1S/C19H26N2O/c1-13(2)20-12-17-9-10-19(21-15(17)5)16-7-6-8-18(11-16)22-14(3)4/h6-11,13-14,20H,12H2,1-5H3. The van der Waals surface area contributed by atoms with Crippen molar-refractivity contribution in [2.75, 3.05) is 0 Å². The van der Waals surface area contributed by atoms with Gasteiger partial charge in [-0.05, 0) is 44.5 Å². The molecule has 0 spiro atoms. The molecule has 0 aliphatic carbocycles. The van der Waals surface area contributed by atoms with Crippen LogP contribution in [-0.2, 0) is 6.54 Å². The predicted molar refractivity (Wildman–Crippen MR) is 92.1 cm³/mol. The van der Waals surface area contributed by atoms with Crippen molar-refractivity contribution in [1.29, 1.82) is 0 Å². The molecule has 0 saturated heterocycles. The Bertz CT molecular complexity index is 621. The third-order valence-electron chi connectivity index (χ3n) is 3.40. The quantitative estimate of drug-likeness (QED) is 0.861. The highest BCUT2D eigenvalue weighted by atomic mass is 16.5. The second-order valence-corrected chi connectivity index (χ2v) is 6.17. The monoisotopic (exact) mass is 298 g/mol. The molecule has 3 heteroatoms. The maximum absolute atomic E-state index is 5.76. The summed E-state index contributed by atoms with van der Waals surface area (Å²) < 4.78 is 5.76. The number of aromatic nitrogens is 1. The lowest BCUT2D eigenvalue weighted by Crippen LogP contribution is -2.22. The summed E-state index contributed by atoms with van der Waals surface area (Å²) in [5, 5.41) is 3.43. The Morgan fingerprint density at radius 2 is 1.86 bits per heavy atom. The SMILES string of the molecule is Cc1nc(-c2cccc(OC(C)C)c2)ccc1CNC(C)C. The molecule has 3 nitrogen and oxygen atoms in total. The topological polar surface area (TPSA) is 34.1 Å². The number of hydrogen-bond donors (Lipinski definition) is 1. The Hall–Kier alpha value is -1.87. The Labute approximate surface area is 133 Å². The van der Waals surface area contributed by atoms with E-state index in [9.17, 15) is 0 Å². The Morgan fingerprint density at radius 3 is 2.50 bits per heavy atom. The summed E-state index contributed by atoms with van der Waals surface area (Å²) in [5.74, 6) is 0.887. The van der Waals surface area contributed by atoms with Gasteiger partial charge in [-0.15, -0.1) is 0 Å². The van der Waals surface area contributed by atoms with Gasteiger partial charge in [0.1, 0.15) is 5.75 Å². The lowest BCUT2D eigenvalue weighted by molar-refractivity contribution is 0.242. The average Bonchev–Trinajstić information content (AvgIpc) is 2.45. The van der Waals surface area contributed by atoms with Crippen LogP contribution in [0.25, 0.3) is 11.3 Å². The van der Waals surface area contributed by atoms with E-state index < -0.39 is 0 Å². The lowest BCUT2D eigenvalue weighted by atomic mass is 10.1. The van der Waals surface area contributed by atoms with Crippen LogP contribution in [0.5, 0.6) is 5.75 Å². The van der Waals surface area contributed by atoms with Gasteiger partial charge in [0.05, 0.1) is 11.8 Å². The summed E-state index contributed by atoms with van der Waals surface area (Å²) in [6, 6.07) is 12.8. The van der Waals surface area contributed by atoms with Gasteiger partial charge >= 0.3 is 0 Å². The third-order valence-corrected chi connectivity index (χ3v) is 3.40. The third kappa shape index (κ3) is 4.57. The Balaban J connectivity index is 2.20. The van der Waals surface area contributed by atoms with Crippen molar-refractivity contribution < 1.29 is 4.74 Å². The summed E-state index contributed by atoms with van der Waals surface area (Å²) >= 11 is 0. The zero-order chi connectivity index (χ0) is 16.1. The fourth-order valence-corrected chi connectivity index (χ4v) is 2.25. The zero-order valence-electron chi connectivity index (χ0n) is 14.2. The van der Waals surface area contributed by atoms with Gasteiger partial charge in [-0.2, -0.15) is 0 Å². The molecular formula is C19H26N2O. The second-order valence-electron chi connectivity index (χ2n) is 6.17. The summed E-state index contributed by atoms with van der Waals surface area (Å²) in [7, 11) is 0. The molecule has 118 valence electrons. The molecule has 0 bridgehead atoms. The fraction of sp³-hybridized carbons (Fsp3) is 0.421. The summed E-state index contributed by atoms with van der Waals surface area (Å²) in [6.45, 7) is 11.3. The Morgan fingerprint density at radius 1 is 1.09 bits per heavy atom. The van der Waals surface area contributed by atoms with E-state index in [2.05, 4.69) is 44.3 Å². The minimum absolute atomic E-state index is 0.175. The largest absolute Gasteiger partial charge is 0.491 e. The molecule has 0 saturated carbocycles. The molecule has 0 amide bonds. The smallest absolute Gasteiger partial charge is 0.120 e. The van der Waals surface area contributed by atoms with Gasteiger partial charge in [0.15, 0.2) is 0 Å². The Kier molecular flexibility index (Phi) is 5.56. The number of nitrogens with one attached hydrogen (secondary N) is 1. The first-order valence-electron chi connectivity index (χ1n) is 7.92. The summed E-state index contributed by atoms with van der Waals surface area (Å²) in [6.07, 6.45) is 0.175. The van der Waals surface area contributed by atoms with E-state index in [0.29, 0.717) is 6.04 Å². The number of ether oxygens (including phenoxy) is 1. The predicted octanol–water partition coefficient (Wildman–Crippen LogP) is 4.34. The van der Waals surface area contributed by atoms with Crippen LogP contribution in [0.15, 0.2) is 36.4 Å². The van der Waals surface area contributed by atoms with Crippen molar-refractivity contribution in [3.05, 3.63) is 47.7 Å². The molecule has 1 N–H and O–H groups in total. The van der Waals surface area contributed by atoms with Gasteiger partial charge in [0.25, 0.3) is 0 Å².